The number of carbonyl (C=O) groups excluding carboxylic acids is 1. The molecule has 0 unspecified atom stereocenters. The highest BCUT2D eigenvalue weighted by atomic mass is 35.5. The lowest BCUT2D eigenvalue weighted by molar-refractivity contribution is 0.0900. The van der Waals surface area contributed by atoms with Crippen molar-refractivity contribution in [2.45, 2.75) is 25.3 Å². The van der Waals surface area contributed by atoms with Gasteiger partial charge in [-0.15, -0.1) is 0 Å². The maximum absolute atomic E-state index is 12.0. The zero-order chi connectivity index (χ0) is 18.4. The van der Waals surface area contributed by atoms with Crippen molar-refractivity contribution in [1.82, 2.24) is 15.4 Å². The van der Waals surface area contributed by atoms with Crippen LogP contribution in [0.3, 0.4) is 0 Å². The van der Waals surface area contributed by atoms with Crippen molar-refractivity contribution >= 4 is 17.5 Å². The number of likely N-dealkylation sites (tertiary alicyclic amines) is 1. The Balaban J connectivity index is 1.58. The number of nitrogens with zero attached hydrogens (tertiary/aromatic N) is 2. The first-order valence-electron chi connectivity index (χ1n) is 8.86. The molecule has 1 N–H and O–H groups in total. The predicted molar refractivity (Wildman–Crippen MR) is 99.4 cm³/mol. The molecule has 2 heterocycles. The molecule has 26 heavy (non-hydrogen) atoms. The maximum atomic E-state index is 12.0. The zero-order valence-corrected chi connectivity index (χ0v) is 15.7. The first kappa shape index (κ1) is 18.9. The molecule has 1 fully saturated rings. The van der Waals surface area contributed by atoms with E-state index in [1.165, 1.54) is 5.56 Å². The largest absolute Gasteiger partial charge is 0.383 e. The number of hydrogen-bond donors (Lipinski definition) is 1. The number of hydrogen-bond acceptors (Lipinski definition) is 5. The SMILES string of the molecule is COCCNC(=O)c1cc([C@H]2CCCN(Cc3cccc(Cl)c3)C2)no1. The lowest BCUT2D eigenvalue weighted by Gasteiger charge is -2.31. The fourth-order valence-electron chi connectivity index (χ4n) is 3.28. The van der Waals surface area contributed by atoms with E-state index >= 15 is 0 Å². The molecular formula is C19H24ClN3O3. The molecule has 140 valence electrons. The van der Waals surface area contributed by atoms with E-state index in [1.807, 2.05) is 18.2 Å². The molecule has 1 aliphatic heterocycles. The summed E-state index contributed by atoms with van der Waals surface area (Å²) in [6.07, 6.45) is 2.14. The molecule has 1 aromatic heterocycles. The number of rotatable bonds is 7. The van der Waals surface area contributed by atoms with Crippen LogP contribution in [0.1, 0.15) is 40.6 Å². The number of amides is 1. The second kappa shape index (κ2) is 9.16. The van der Waals surface area contributed by atoms with Crippen LogP contribution < -0.4 is 5.32 Å². The number of carbonyl (C=O) groups is 1. The van der Waals surface area contributed by atoms with Gasteiger partial charge in [-0.05, 0) is 37.1 Å². The summed E-state index contributed by atoms with van der Waals surface area (Å²) >= 11 is 6.08. The Labute approximate surface area is 158 Å². The lowest BCUT2D eigenvalue weighted by atomic mass is 9.94. The first-order chi connectivity index (χ1) is 12.7. The smallest absolute Gasteiger partial charge is 0.289 e. The normalized spacial score (nSPS) is 18.0. The van der Waals surface area contributed by atoms with E-state index in [0.717, 1.165) is 43.2 Å². The zero-order valence-electron chi connectivity index (χ0n) is 14.9. The number of benzene rings is 1. The number of piperidine rings is 1. The monoisotopic (exact) mass is 377 g/mol. The van der Waals surface area contributed by atoms with Crippen LogP contribution in [0, 0.1) is 0 Å². The summed E-state index contributed by atoms with van der Waals surface area (Å²) in [6.45, 7) is 3.71. The van der Waals surface area contributed by atoms with Gasteiger partial charge < -0.3 is 14.6 Å². The van der Waals surface area contributed by atoms with Crippen LogP contribution in [0.4, 0.5) is 0 Å². The van der Waals surface area contributed by atoms with Gasteiger partial charge in [-0.2, -0.15) is 0 Å². The first-order valence-corrected chi connectivity index (χ1v) is 9.24. The Kier molecular flexibility index (Phi) is 6.66. The van der Waals surface area contributed by atoms with Crippen LogP contribution in [-0.4, -0.2) is 49.3 Å². The third-order valence-corrected chi connectivity index (χ3v) is 4.80. The maximum Gasteiger partial charge on any atom is 0.289 e. The third kappa shape index (κ3) is 5.06. The van der Waals surface area contributed by atoms with Crippen molar-refractivity contribution in [3.63, 3.8) is 0 Å². The van der Waals surface area contributed by atoms with Crippen molar-refractivity contribution < 1.29 is 14.1 Å². The molecule has 0 bridgehead atoms. The quantitative estimate of drug-likeness (QED) is 0.751. The van der Waals surface area contributed by atoms with Gasteiger partial charge in [-0.25, -0.2) is 0 Å². The molecule has 0 saturated carbocycles. The molecule has 0 radical (unpaired) electrons. The van der Waals surface area contributed by atoms with Crippen molar-refractivity contribution in [2.75, 3.05) is 33.4 Å². The average Bonchev–Trinajstić information content (AvgIpc) is 3.12. The van der Waals surface area contributed by atoms with Gasteiger partial charge in [0.15, 0.2) is 0 Å². The van der Waals surface area contributed by atoms with Crippen molar-refractivity contribution in [1.29, 1.82) is 0 Å². The Morgan fingerprint density at radius 2 is 2.35 bits per heavy atom. The molecular weight excluding hydrogens is 354 g/mol. The number of ether oxygens (including phenoxy) is 1. The highest BCUT2D eigenvalue weighted by Crippen LogP contribution is 2.27. The number of nitrogens with one attached hydrogen (secondary N) is 1. The van der Waals surface area contributed by atoms with E-state index in [9.17, 15) is 4.79 Å². The van der Waals surface area contributed by atoms with Gasteiger partial charge in [0.25, 0.3) is 5.91 Å². The highest BCUT2D eigenvalue weighted by Gasteiger charge is 2.25. The van der Waals surface area contributed by atoms with E-state index in [4.69, 9.17) is 20.9 Å². The Morgan fingerprint density at radius 3 is 3.15 bits per heavy atom. The van der Waals surface area contributed by atoms with Gasteiger partial charge in [0.05, 0.1) is 12.3 Å². The van der Waals surface area contributed by atoms with Crippen LogP contribution in [0.2, 0.25) is 5.02 Å². The average molecular weight is 378 g/mol. The lowest BCUT2D eigenvalue weighted by Crippen LogP contribution is -2.34. The molecule has 0 spiro atoms. The summed E-state index contributed by atoms with van der Waals surface area (Å²) in [5, 5.41) is 7.63. The number of halogens is 1. The molecule has 1 aliphatic rings. The third-order valence-electron chi connectivity index (χ3n) is 4.56. The van der Waals surface area contributed by atoms with Crippen LogP contribution in [0.25, 0.3) is 0 Å². The minimum atomic E-state index is -0.257. The fraction of sp³-hybridized carbons (Fsp3) is 0.474. The topological polar surface area (TPSA) is 67.6 Å². The van der Waals surface area contributed by atoms with Crippen LogP contribution in [-0.2, 0) is 11.3 Å². The van der Waals surface area contributed by atoms with Gasteiger partial charge >= 0.3 is 0 Å². The van der Waals surface area contributed by atoms with Crippen LogP contribution in [0.15, 0.2) is 34.9 Å². The standard InChI is InChI=1S/C19H24ClN3O3/c1-25-9-7-21-19(24)18-11-17(22-26-18)15-5-3-8-23(13-15)12-14-4-2-6-16(20)10-14/h2,4,6,10-11,15H,3,5,7-9,12-13H2,1H3,(H,21,24)/t15-/m0/s1. The van der Waals surface area contributed by atoms with Crippen molar-refractivity contribution in [3.8, 4) is 0 Å². The number of methoxy groups -OCH3 is 1. The summed E-state index contributed by atoms with van der Waals surface area (Å²) in [5.74, 6) is 0.266. The van der Waals surface area contributed by atoms with Gasteiger partial charge in [0.1, 0.15) is 0 Å². The minimum Gasteiger partial charge on any atom is -0.383 e. The summed E-state index contributed by atoms with van der Waals surface area (Å²) < 4.78 is 10.2. The second-order valence-electron chi connectivity index (χ2n) is 6.57. The fourth-order valence-corrected chi connectivity index (χ4v) is 3.49. The molecule has 1 amide bonds. The Hall–Kier alpha value is -1.89. The number of aromatic nitrogens is 1. The van der Waals surface area contributed by atoms with E-state index in [0.29, 0.717) is 13.2 Å². The summed E-state index contributed by atoms with van der Waals surface area (Å²) in [6, 6.07) is 9.72. The Morgan fingerprint density at radius 1 is 1.46 bits per heavy atom. The Bertz CT molecular complexity index is 734. The summed E-state index contributed by atoms with van der Waals surface area (Å²) in [4.78, 5) is 14.4. The van der Waals surface area contributed by atoms with E-state index in [2.05, 4.69) is 21.4 Å². The van der Waals surface area contributed by atoms with Crippen molar-refractivity contribution in [2.24, 2.45) is 0 Å². The molecule has 1 atom stereocenters. The van der Waals surface area contributed by atoms with E-state index in [1.54, 1.807) is 13.2 Å². The predicted octanol–water partition coefficient (Wildman–Crippen LogP) is 3.08. The van der Waals surface area contributed by atoms with Crippen molar-refractivity contribution in [3.05, 3.63) is 52.4 Å². The molecule has 1 aromatic carbocycles. The molecule has 3 rings (SSSR count). The highest BCUT2D eigenvalue weighted by molar-refractivity contribution is 6.30. The molecule has 6 nitrogen and oxygen atoms in total. The molecule has 2 aromatic rings. The van der Waals surface area contributed by atoms with E-state index < -0.39 is 0 Å². The summed E-state index contributed by atoms with van der Waals surface area (Å²) in [5.41, 5.74) is 2.05. The van der Waals surface area contributed by atoms with Crippen LogP contribution in [0.5, 0.6) is 0 Å². The van der Waals surface area contributed by atoms with E-state index in [-0.39, 0.29) is 17.6 Å². The molecule has 7 heteroatoms. The second-order valence-corrected chi connectivity index (χ2v) is 7.01. The van der Waals surface area contributed by atoms with Gasteiger partial charge in [0.2, 0.25) is 5.76 Å². The molecule has 0 aliphatic carbocycles. The van der Waals surface area contributed by atoms with Crippen LogP contribution >= 0.6 is 11.6 Å². The van der Waals surface area contributed by atoms with Gasteiger partial charge in [-0.3, -0.25) is 9.69 Å². The van der Waals surface area contributed by atoms with Gasteiger partial charge in [-0.1, -0.05) is 28.9 Å². The minimum absolute atomic E-state index is 0.253. The summed E-state index contributed by atoms with van der Waals surface area (Å²) in [7, 11) is 1.59. The van der Waals surface area contributed by atoms with Gasteiger partial charge in [0, 0.05) is 43.8 Å². The molecule has 1 saturated heterocycles.